The van der Waals surface area contributed by atoms with Gasteiger partial charge in [-0.15, -0.1) is 0 Å². The summed E-state index contributed by atoms with van der Waals surface area (Å²) < 4.78 is 5.05. The predicted molar refractivity (Wildman–Crippen MR) is 29.2 cm³/mol. The highest BCUT2D eigenvalue weighted by atomic mass is 16.5. The molecule has 1 aliphatic rings. The van der Waals surface area contributed by atoms with Gasteiger partial charge in [0.1, 0.15) is 0 Å². The summed E-state index contributed by atoms with van der Waals surface area (Å²) in [4.78, 5) is 0. The van der Waals surface area contributed by atoms with Crippen LogP contribution in [0.1, 0.15) is 12.8 Å². The summed E-state index contributed by atoms with van der Waals surface area (Å²) in [5, 5.41) is 8.39. The van der Waals surface area contributed by atoms with Gasteiger partial charge in [0.05, 0.1) is 12.0 Å². The molecule has 0 bridgehead atoms. The van der Waals surface area contributed by atoms with E-state index < -0.39 is 0 Å². The Morgan fingerprint density at radius 3 is 2.38 bits per heavy atom. The van der Waals surface area contributed by atoms with E-state index in [1.807, 2.05) is 0 Å². The number of hydrogen-bond donors (Lipinski definition) is 0. The van der Waals surface area contributed by atoms with Gasteiger partial charge in [0, 0.05) is 13.2 Å². The van der Waals surface area contributed by atoms with Gasteiger partial charge >= 0.3 is 0 Å². The van der Waals surface area contributed by atoms with Crippen LogP contribution < -0.4 is 0 Å². The molecule has 8 heavy (non-hydrogen) atoms. The minimum atomic E-state index is 0.267. The molecule has 2 nitrogen and oxygen atoms in total. The summed E-state index contributed by atoms with van der Waals surface area (Å²) in [6.07, 6.45) is 1.85. The monoisotopic (exact) mass is 111 g/mol. The Bertz CT molecular complexity index is 99.6. The van der Waals surface area contributed by atoms with Gasteiger partial charge < -0.3 is 4.74 Å². The molecule has 0 spiro atoms. The van der Waals surface area contributed by atoms with Crippen LogP contribution in [-0.4, -0.2) is 13.2 Å². The number of rotatable bonds is 0. The van der Waals surface area contributed by atoms with Crippen molar-refractivity contribution < 1.29 is 4.74 Å². The lowest BCUT2D eigenvalue weighted by Gasteiger charge is -2.14. The second kappa shape index (κ2) is 2.68. The zero-order valence-corrected chi connectivity index (χ0v) is 4.76. The van der Waals surface area contributed by atoms with Gasteiger partial charge in [-0.2, -0.15) is 5.26 Å². The van der Waals surface area contributed by atoms with Gasteiger partial charge in [0.25, 0.3) is 0 Å². The van der Waals surface area contributed by atoms with Crippen LogP contribution in [-0.2, 0) is 4.74 Å². The van der Waals surface area contributed by atoms with Crippen molar-refractivity contribution in [3.05, 3.63) is 0 Å². The Kier molecular flexibility index (Phi) is 1.87. The highest BCUT2D eigenvalue weighted by Gasteiger charge is 2.11. The summed E-state index contributed by atoms with van der Waals surface area (Å²) in [5.41, 5.74) is 0. The summed E-state index contributed by atoms with van der Waals surface area (Å²) in [5.74, 6) is 0.267. The maximum atomic E-state index is 8.39. The lowest BCUT2D eigenvalue weighted by atomic mass is 10.0. The zero-order chi connectivity index (χ0) is 5.82. The average Bonchev–Trinajstić information content (AvgIpc) is 1.90. The third kappa shape index (κ3) is 1.21. The van der Waals surface area contributed by atoms with Crippen LogP contribution in [0.25, 0.3) is 0 Å². The Morgan fingerprint density at radius 1 is 1.38 bits per heavy atom. The van der Waals surface area contributed by atoms with Crippen LogP contribution >= 0.6 is 0 Å². The highest BCUT2D eigenvalue weighted by Crippen LogP contribution is 2.11. The molecule has 0 aromatic heterocycles. The van der Waals surface area contributed by atoms with Crippen LogP contribution in [0.2, 0.25) is 0 Å². The molecule has 2 heteroatoms. The molecule has 0 aliphatic carbocycles. The SMILES string of the molecule is N#CC1CCOCC1. The molecule has 0 atom stereocenters. The van der Waals surface area contributed by atoms with Gasteiger partial charge in [-0.1, -0.05) is 0 Å². The second-order valence-electron chi connectivity index (χ2n) is 2.02. The van der Waals surface area contributed by atoms with Crippen molar-refractivity contribution in [2.75, 3.05) is 13.2 Å². The van der Waals surface area contributed by atoms with E-state index in [-0.39, 0.29) is 5.92 Å². The van der Waals surface area contributed by atoms with Crippen molar-refractivity contribution in [3.63, 3.8) is 0 Å². The van der Waals surface area contributed by atoms with E-state index in [2.05, 4.69) is 6.07 Å². The third-order valence-electron chi connectivity index (χ3n) is 1.40. The van der Waals surface area contributed by atoms with Crippen LogP contribution in [0.4, 0.5) is 0 Å². The van der Waals surface area contributed by atoms with Gasteiger partial charge in [-0.3, -0.25) is 0 Å². The normalized spacial score (nSPS) is 22.4. The molecule has 1 fully saturated rings. The molecular formula is C6H9NO. The van der Waals surface area contributed by atoms with Gasteiger partial charge in [0.15, 0.2) is 0 Å². The maximum absolute atomic E-state index is 8.39. The third-order valence-corrected chi connectivity index (χ3v) is 1.40. The smallest absolute Gasteiger partial charge is 0.0657 e. The Hall–Kier alpha value is -0.550. The molecular weight excluding hydrogens is 102 g/mol. The molecule has 0 aromatic carbocycles. The fraction of sp³-hybridized carbons (Fsp3) is 0.833. The van der Waals surface area contributed by atoms with E-state index >= 15 is 0 Å². The van der Waals surface area contributed by atoms with Gasteiger partial charge in [-0.05, 0) is 12.8 Å². The lowest BCUT2D eigenvalue weighted by Crippen LogP contribution is -2.13. The first-order chi connectivity index (χ1) is 3.93. The largest absolute Gasteiger partial charge is 0.381 e. The summed E-state index contributed by atoms with van der Waals surface area (Å²) in [7, 11) is 0. The molecule has 1 rings (SSSR count). The van der Waals surface area contributed by atoms with Crippen molar-refractivity contribution in [3.8, 4) is 6.07 Å². The molecule has 1 aliphatic heterocycles. The highest BCUT2D eigenvalue weighted by molar-refractivity contribution is 4.83. The summed E-state index contributed by atoms with van der Waals surface area (Å²) >= 11 is 0. The van der Waals surface area contributed by atoms with Gasteiger partial charge in [0.2, 0.25) is 0 Å². The number of nitriles is 1. The Labute approximate surface area is 49.1 Å². The molecule has 0 unspecified atom stereocenters. The first kappa shape index (κ1) is 5.58. The quantitative estimate of drug-likeness (QED) is 0.466. The molecule has 0 N–H and O–H groups in total. The fourth-order valence-electron chi connectivity index (χ4n) is 0.827. The molecule has 0 amide bonds. The predicted octanol–water partition coefficient (Wildman–Crippen LogP) is 0.937. The molecule has 0 radical (unpaired) electrons. The van der Waals surface area contributed by atoms with Crippen molar-refractivity contribution >= 4 is 0 Å². The molecule has 0 saturated carbocycles. The van der Waals surface area contributed by atoms with E-state index in [9.17, 15) is 0 Å². The van der Waals surface area contributed by atoms with E-state index in [1.54, 1.807) is 0 Å². The topological polar surface area (TPSA) is 33.0 Å². The average molecular weight is 111 g/mol. The van der Waals surface area contributed by atoms with Crippen molar-refractivity contribution in [1.29, 1.82) is 5.26 Å². The summed E-state index contributed by atoms with van der Waals surface area (Å²) in [6.45, 7) is 1.55. The number of ether oxygens (including phenoxy) is 1. The second-order valence-corrected chi connectivity index (χ2v) is 2.02. The van der Waals surface area contributed by atoms with Gasteiger partial charge in [-0.25, -0.2) is 0 Å². The standard InChI is InChI=1S/C6H9NO/c7-5-6-1-3-8-4-2-6/h6H,1-4H2. The van der Waals surface area contributed by atoms with Crippen LogP contribution in [0, 0.1) is 17.2 Å². The first-order valence-corrected chi connectivity index (χ1v) is 2.91. The van der Waals surface area contributed by atoms with Crippen LogP contribution in [0.3, 0.4) is 0 Å². The maximum Gasteiger partial charge on any atom is 0.0657 e. The fourth-order valence-corrected chi connectivity index (χ4v) is 0.827. The summed E-state index contributed by atoms with van der Waals surface area (Å²) in [6, 6.07) is 2.22. The lowest BCUT2D eigenvalue weighted by molar-refractivity contribution is 0.0802. The van der Waals surface area contributed by atoms with Crippen molar-refractivity contribution in [2.24, 2.45) is 5.92 Å². The Morgan fingerprint density at radius 2 is 2.00 bits per heavy atom. The number of nitrogens with zero attached hydrogens (tertiary/aromatic N) is 1. The van der Waals surface area contributed by atoms with E-state index in [1.165, 1.54) is 0 Å². The minimum Gasteiger partial charge on any atom is -0.381 e. The molecule has 1 saturated heterocycles. The van der Waals surface area contributed by atoms with Crippen molar-refractivity contribution in [2.45, 2.75) is 12.8 Å². The number of hydrogen-bond acceptors (Lipinski definition) is 2. The minimum absolute atomic E-state index is 0.267. The van der Waals surface area contributed by atoms with Crippen LogP contribution in [0.15, 0.2) is 0 Å². The van der Waals surface area contributed by atoms with Crippen LogP contribution in [0.5, 0.6) is 0 Å². The molecule has 44 valence electrons. The zero-order valence-electron chi connectivity index (χ0n) is 4.76. The molecule has 1 heterocycles. The first-order valence-electron chi connectivity index (χ1n) is 2.91. The molecule has 0 aromatic rings. The van der Waals surface area contributed by atoms with Crippen molar-refractivity contribution in [1.82, 2.24) is 0 Å². The van der Waals surface area contributed by atoms with E-state index in [0.717, 1.165) is 26.1 Å². The Balaban J connectivity index is 2.25. The van der Waals surface area contributed by atoms with E-state index in [4.69, 9.17) is 10.00 Å². The van der Waals surface area contributed by atoms with E-state index in [0.29, 0.717) is 0 Å².